The minimum Gasteiger partial charge on any atom is -0.497 e. The number of benzene rings is 2. The van der Waals surface area contributed by atoms with E-state index in [9.17, 15) is 4.79 Å². The Morgan fingerprint density at radius 1 is 0.931 bits per heavy atom. The SMILES string of the molecule is COc1ccc(OCCNc2ccc(C(=O)NCc3ccc(C)cc3)nn2)cc1. The fourth-order valence-electron chi connectivity index (χ4n) is 2.55. The van der Waals surface area contributed by atoms with Gasteiger partial charge in [-0.05, 0) is 48.9 Å². The summed E-state index contributed by atoms with van der Waals surface area (Å²) in [5.74, 6) is 1.87. The Kier molecular flexibility index (Phi) is 7.00. The van der Waals surface area contributed by atoms with E-state index in [0.29, 0.717) is 25.5 Å². The average molecular weight is 392 g/mol. The molecule has 150 valence electrons. The van der Waals surface area contributed by atoms with Gasteiger partial charge in [-0.25, -0.2) is 0 Å². The lowest BCUT2D eigenvalue weighted by Crippen LogP contribution is -2.24. The van der Waals surface area contributed by atoms with E-state index in [2.05, 4.69) is 20.8 Å². The molecule has 29 heavy (non-hydrogen) atoms. The lowest BCUT2D eigenvalue weighted by atomic mass is 10.1. The second-order valence-corrected chi connectivity index (χ2v) is 6.42. The van der Waals surface area contributed by atoms with Crippen molar-refractivity contribution in [3.05, 3.63) is 77.5 Å². The molecule has 0 atom stereocenters. The fourth-order valence-corrected chi connectivity index (χ4v) is 2.55. The third-order valence-electron chi connectivity index (χ3n) is 4.21. The molecule has 1 aromatic heterocycles. The number of nitrogens with zero attached hydrogens (tertiary/aromatic N) is 2. The molecule has 0 fully saturated rings. The van der Waals surface area contributed by atoms with Crippen molar-refractivity contribution < 1.29 is 14.3 Å². The van der Waals surface area contributed by atoms with Crippen molar-refractivity contribution in [1.82, 2.24) is 15.5 Å². The maximum atomic E-state index is 12.2. The highest BCUT2D eigenvalue weighted by atomic mass is 16.5. The number of anilines is 1. The zero-order valence-corrected chi connectivity index (χ0v) is 16.5. The van der Waals surface area contributed by atoms with Crippen LogP contribution in [-0.2, 0) is 6.54 Å². The number of ether oxygens (including phenoxy) is 2. The summed E-state index contributed by atoms with van der Waals surface area (Å²) in [6.07, 6.45) is 0. The first-order valence-corrected chi connectivity index (χ1v) is 9.32. The molecule has 0 spiro atoms. The average Bonchev–Trinajstić information content (AvgIpc) is 2.77. The third-order valence-corrected chi connectivity index (χ3v) is 4.21. The maximum Gasteiger partial charge on any atom is 0.272 e. The van der Waals surface area contributed by atoms with E-state index in [0.717, 1.165) is 17.1 Å². The summed E-state index contributed by atoms with van der Waals surface area (Å²) >= 11 is 0. The Morgan fingerprint density at radius 3 is 2.31 bits per heavy atom. The van der Waals surface area contributed by atoms with Crippen molar-refractivity contribution in [2.75, 3.05) is 25.6 Å². The van der Waals surface area contributed by atoms with Gasteiger partial charge in [-0.2, -0.15) is 0 Å². The molecule has 0 bridgehead atoms. The molecule has 0 unspecified atom stereocenters. The second kappa shape index (κ2) is 10.1. The van der Waals surface area contributed by atoms with Gasteiger partial charge in [0.25, 0.3) is 5.91 Å². The van der Waals surface area contributed by atoms with Crippen molar-refractivity contribution in [1.29, 1.82) is 0 Å². The smallest absolute Gasteiger partial charge is 0.272 e. The van der Waals surface area contributed by atoms with Crippen molar-refractivity contribution in [3.63, 3.8) is 0 Å². The van der Waals surface area contributed by atoms with Crippen LogP contribution in [0.5, 0.6) is 11.5 Å². The van der Waals surface area contributed by atoms with Crippen molar-refractivity contribution in [3.8, 4) is 11.5 Å². The molecule has 0 radical (unpaired) electrons. The zero-order valence-electron chi connectivity index (χ0n) is 16.5. The number of rotatable bonds is 9. The molecule has 0 aliphatic heterocycles. The van der Waals surface area contributed by atoms with Crippen molar-refractivity contribution >= 4 is 11.7 Å². The van der Waals surface area contributed by atoms with Crippen LogP contribution in [0.25, 0.3) is 0 Å². The Labute approximate surface area is 170 Å². The number of methoxy groups -OCH3 is 1. The van der Waals surface area contributed by atoms with Crippen molar-refractivity contribution in [2.24, 2.45) is 0 Å². The van der Waals surface area contributed by atoms with E-state index in [-0.39, 0.29) is 11.6 Å². The largest absolute Gasteiger partial charge is 0.497 e. The molecular weight excluding hydrogens is 368 g/mol. The highest BCUT2D eigenvalue weighted by molar-refractivity contribution is 5.92. The van der Waals surface area contributed by atoms with Gasteiger partial charge in [0, 0.05) is 6.54 Å². The standard InChI is InChI=1S/C22H24N4O3/c1-16-3-5-17(6-4-16)15-24-22(27)20-11-12-21(26-25-20)23-13-14-29-19-9-7-18(28-2)8-10-19/h3-12H,13-15H2,1-2H3,(H,23,26)(H,24,27). The van der Waals surface area contributed by atoms with Crippen LogP contribution in [0.1, 0.15) is 21.6 Å². The predicted molar refractivity (Wildman–Crippen MR) is 111 cm³/mol. The lowest BCUT2D eigenvalue weighted by Gasteiger charge is -2.09. The first kappa shape index (κ1) is 20.1. The number of aryl methyl sites for hydroxylation is 1. The van der Waals surface area contributed by atoms with Gasteiger partial charge in [-0.1, -0.05) is 29.8 Å². The number of hydrogen-bond donors (Lipinski definition) is 2. The number of hydrogen-bond acceptors (Lipinski definition) is 6. The molecule has 3 rings (SSSR count). The normalized spacial score (nSPS) is 10.3. The summed E-state index contributed by atoms with van der Waals surface area (Å²) in [4.78, 5) is 12.2. The Bertz CT molecular complexity index is 910. The van der Waals surface area contributed by atoms with Gasteiger partial charge in [0.2, 0.25) is 0 Å². The summed E-state index contributed by atoms with van der Waals surface area (Å²) in [6, 6.07) is 18.8. The van der Waals surface area contributed by atoms with Crippen LogP contribution in [0.3, 0.4) is 0 Å². The predicted octanol–water partition coefficient (Wildman–Crippen LogP) is 3.21. The fraction of sp³-hybridized carbons (Fsp3) is 0.227. The molecule has 0 aliphatic carbocycles. The van der Waals surface area contributed by atoms with E-state index in [4.69, 9.17) is 9.47 Å². The zero-order chi connectivity index (χ0) is 20.5. The van der Waals surface area contributed by atoms with Gasteiger partial charge in [0.15, 0.2) is 5.69 Å². The van der Waals surface area contributed by atoms with E-state index in [1.54, 1.807) is 19.2 Å². The molecule has 1 heterocycles. The van der Waals surface area contributed by atoms with Crippen molar-refractivity contribution in [2.45, 2.75) is 13.5 Å². The number of aromatic nitrogens is 2. The molecule has 2 N–H and O–H groups in total. The number of nitrogens with one attached hydrogen (secondary N) is 2. The van der Waals surface area contributed by atoms with Gasteiger partial charge in [-0.3, -0.25) is 4.79 Å². The maximum absolute atomic E-state index is 12.2. The number of carbonyl (C=O) groups is 1. The second-order valence-electron chi connectivity index (χ2n) is 6.42. The van der Waals surface area contributed by atoms with E-state index >= 15 is 0 Å². The molecule has 7 nitrogen and oxygen atoms in total. The summed E-state index contributed by atoms with van der Waals surface area (Å²) in [7, 11) is 1.62. The van der Waals surface area contributed by atoms with Crippen LogP contribution in [-0.4, -0.2) is 36.4 Å². The van der Waals surface area contributed by atoms with Crippen LogP contribution < -0.4 is 20.1 Å². The van der Waals surface area contributed by atoms with Crippen LogP contribution >= 0.6 is 0 Å². The highest BCUT2D eigenvalue weighted by Gasteiger charge is 2.08. The quantitative estimate of drug-likeness (QED) is 0.544. The highest BCUT2D eigenvalue weighted by Crippen LogP contribution is 2.16. The molecule has 7 heteroatoms. The first-order chi connectivity index (χ1) is 14.1. The van der Waals surface area contributed by atoms with Gasteiger partial charge >= 0.3 is 0 Å². The minimum atomic E-state index is -0.257. The Hall–Kier alpha value is -3.61. The Balaban J connectivity index is 1.40. The van der Waals surface area contributed by atoms with E-state index in [1.807, 2.05) is 55.5 Å². The van der Waals surface area contributed by atoms with Crippen LogP contribution in [0.2, 0.25) is 0 Å². The van der Waals surface area contributed by atoms with Crippen LogP contribution in [0.15, 0.2) is 60.7 Å². The third kappa shape index (κ3) is 6.21. The lowest BCUT2D eigenvalue weighted by molar-refractivity contribution is 0.0945. The minimum absolute atomic E-state index is 0.257. The summed E-state index contributed by atoms with van der Waals surface area (Å²) < 4.78 is 10.7. The van der Waals surface area contributed by atoms with Gasteiger partial charge in [0.1, 0.15) is 23.9 Å². The topological polar surface area (TPSA) is 85.4 Å². The summed E-state index contributed by atoms with van der Waals surface area (Å²) in [5.41, 5.74) is 2.49. The molecule has 0 saturated heterocycles. The molecule has 0 aliphatic rings. The molecule has 0 saturated carbocycles. The Morgan fingerprint density at radius 2 is 1.66 bits per heavy atom. The first-order valence-electron chi connectivity index (χ1n) is 9.32. The molecule has 1 amide bonds. The van der Waals surface area contributed by atoms with Gasteiger partial charge in [-0.15, -0.1) is 10.2 Å². The van der Waals surface area contributed by atoms with Crippen LogP contribution in [0, 0.1) is 6.92 Å². The molecular formula is C22H24N4O3. The van der Waals surface area contributed by atoms with Gasteiger partial charge in [0.05, 0.1) is 13.7 Å². The summed E-state index contributed by atoms with van der Waals surface area (Å²) in [6.45, 7) is 3.49. The van der Waals surface area contributed by atoms with E-state index in [1.165, 1.54) is 5.56 Å². The number of carbonyl (C=O) groups excluding carboxylic acids is 1. The van der Waals surface area contributed by atoms with Gasteiger partial charge < -0.3 is 20.1 Å². The van der Waals surface area contributed by atoms with Crippen LogP contribution in [0.4, 0.5) is 5.82 Å². The van der Waals surface area contributed by atoms with E-state index < -0.39 is 0 Å². The summed E-state index contributed by atoms with van der Waals surface area (Å²) in [5, 5.41) is 14.0. The number of amides is 1. The molecule has 3 aromatic rings. The molecule has 2 aromatic carbocycles. The monoisotopic (exact) mass is 392 g/mol.